The Morgan fingerprint density at radius 3 is 3.11 bits per heavy atom. The van der Waals surface area contributed by atoms with Gasteiger partial charge in [0, 0.05) is 25.1 Å². The smallest absolute Gasteiger partial charge is 0.276 e. The number of hydrogen-bond donors (Lipinski definition) is 1. The third kappa shape index (κ3) is 2.50. The minimum atomic E-state index is -0.630. The number of aliphatic hydroxyl groups excluding tert-OH is 1. The van der Waals surface area contributed by atoms with Gasteiger partial charge in [-0.2, -0.15) is 0 Å². The predicted octanol–water partition coefficient (Wildman–Crippen LogP) is 0.387. The number of hydrogen-bond acceptors (Lipinski definition) is 5. The van der Waals surface area contributed by atoms with Gasteiger partial charge < -0.3 is 19.3 Å². The summed E-state index contributed by atoms with van der Waals surface area (Å²) in [5.41, 5.74) is 1.37. The number of carbonyl (C=O) groups excluding carboxylic acids is 1. The average molecular weight is 266 g/mol. The molecule has 1 saturated heterocycles. The lowest BCUT2D eigenvalue weighted by Crippen LogP contribution is -2.38. The Hall–Kier alpha value is -1.40. The molecule has 1 amide bonds. The molecular formula is C13H18N2O4. The van der Waals surface area contributed by atoms with E-state index >= 15 is 0 Å². The second-order valence-electron chi connectivity index (χ2n) is 5.12. The van der Waals surface area contributed by atoms with E-state index in [9.17, 15) is 9.90 Å². The monoisotopic (exact) mass is 266 g/mol. The molecule has 0 saturated carbocycles. The molecule has 0 unspecified atom stereocenters. The zero-order valence-corrected chi connectivity index (χ0v) is 10.8. The van der Waals surface area contributed by atoms with Gasteiger partial charge in [-0.15, -0.1) is 0 Å². The first-order chi connectivity index (χ1) is 9.25. The zero-order chi connectivity index (χ0) is 13.2. The molecule has 1 aromatic rings. The van der Waals surface area contributed by atoms with Gasteiger partial charge >= 0.3 is 0 Å². The van der Waals surface area contributed by atoms with Crippen LogP contribution >= 0.6 is 0 Å². The molecule has 0 radical (unpaired) electrons. The van der Waals surface area contributed by atoms with Gasteiger partial charge in [0.1, 0.15) is 5.76 Å². The number of nitrogens with zero attached hydrogens (tertiary/aromatic N) is 2. The SMILES string of the molecule is O=C(c1noc2c1CCCC2)N1CCOC[C@H](O)C1. The van der Waals surface area contributed by atoms with Crippen LogP contribution in [0.15, 0.2) is 4.52 Å². The molecule has 0 spiro atoms. The van der Waals surface area contributed by atoms with Crippen molar-refractivity contribution in [1.82, 2.24) is 10.1 Å². The van der Waals surface area contributed by atoms with Gasteiger partial charge in [-0.3, -0.25) is 4.79 Å². The van der Waals surface area contributed by atoms with Crippen molar-refractivity contribution in [3.8, 4) is 0 Å². The summed E-state index contributed by atoms with van der Waals surface area (Å²) in [4.78, 5) is 14.1. The third-order valence-electron chi connectivity index (χ3n) is 3.69. The Balaban J connectivity index is 1.81. The van der Waals surface area contributed by atoms with E-state index in [2.05, 4.69) is 5.16 Å². The lowest BCUT2D eigenvalue weighted by molar-refractivity contribution is 0.0531. The Labute approximate surface area is 111 Å². The van der Waals surface area contributed by atoms with Crippen molar-refractivity contribution in [1.29, 1.82) is 0 Å². The molecule has 1 aliphatic carbocycles. The zero-order valence-electron chi connectivity index (χ0n) is 10.8. The van der Waals surface area contributed by atoms with Gasteiger partial charge in [-0.05, 0) is 19.3 Å². The second-order valence-corrected chi connectivity index (χ2v) is 5.12. The van der Waals surface area contributed by atoms with Crippen molar-refractivity contribution in [2.75, 3.05) is 26.3 Å². The molecule has 1 atom stereocenters. The van der Waals surface area contributed by atoms with Crippen LogP contribution in [0.2, 0.25) is 0 Å². The fraction of sp³-hybridized carbons (Fsp3) is 0.692. The van der Waals surface area contributed by atoms with E-state index in [0.717, 1.165) is 37.0 Å². The minimum absolute atomic E-state index is 0.156. The van der Waals surface area contributed by atoms with Crippen LogP contribution in [0.25, 0.3) is 0 Å². The van der Waals surface area contributed by atoms with E-state index in [1.807, 2.05) is 0 Å². The van der Waals surface area contributed by atoms with Crippen molar-refractivity contribution < 1.29 is 19.2 Å². The highest BCUT2D eigenvalue weighted by molar-refractivity contribution is 5.94. The first-order valence-corrected chi connectivity index (χ1v) is 6.78. The summed E-state index contributed by atoms with van der Waals surface area (Å²) in [6.45, 7) is 1.50. The molecule has 3 rings (SSSR count). The van der Waals surface area contributed by atoms with Crippen molar-refractivity contribution in [2.45, 2.75) is 31.8 Å². The van der Waals surface area contributed by atoms with Crippen molar-refractivity contribution in [3.05, 3.63) is 17.0 Å². The molecule has 6 nitrogen and oxygen atoms in total. The van der Waals surface area contributed by atoms with Crippen LogP contribution in [-0.4, -0.2) is 53.5 Å². The Morgan fingerprint density at radius 2 is 2.21 bits per heavy atom. The van der Waals surface area contributed by atoms with Crippen LogP contribution in [0.4, 0.5) is 0 Å². The molecule has 1 aromatic heterocycles. The first-order valence-electron chi connectivity index (χ1n) is 6.78. The van der Waals surface area contributed by atoms with E-state index in [0.29, 0.717) is 25.4 Å². The lowest BCUT2D eigenvalue weighted by Gasteiger charge is -2.20. The number of amides is 1. The number of fused-ring (bicyclic) bond motifs is 1. The first kappa shape index (κ1) is 12.6. The highest BCUT2D eigenvalue weighted by atomic mass is 16.5. The largest absolute Gasteiger partial charge is 0.389 e. The average Bonchev–Trinajstić information content (AvgIpc) is 2.73. The number of carbonyl (C=O) groups is 1. The molecule has 0 bridgehead atoms. The summed E-state index contributed by atoms with van der Waals surface area (Å²) < 4.78 is 10.5. The number of β-amino-alcohol motifs (C(OH)–C–C–N with tert-alkyl or cyclic N) is 1. The summed E-state index contributed by atoms with van der Waals surface area (Å²) in [5.74, 6) is 0.692. The quantitative estimate of drug-likeness (QED) is 0.795. The van der Waals surface area contributed by atoms with Crippen LogP contribution < -0.4 is 0 Å². The van der Waals surface area contributed by atoms with E-state index in [4.69, 9.17) is 9.26 Å². The molecule has 1 N–H and O–H groups in total. The van der Waals surface area contributed by atoms with Crippen molar-refractivity contribution in [3.63, 3.8) is 0 Å². The van der Waals surface area contributed by atoms with Gasteiger partial charge in [0.05, 0.1) is 19.3 Å². The van der Waals surface area contributed by atoms with Crippen LogP contribution in [0, 0.1) is 0 Å². The van der Waals surface area contributed by atoms with Crippen LogP contribution in [0.3, 0.4) is 0 Å². The predicted molar refractivity (Wildman–Crippen MR) is 65.9 cm³/mol. The molecule has 1 aliphatic heterocycles. The number of aromatic nitrogens is 1. The fourth-order valence-electron chi connectivity index (χ4n) is 2.68. The van der Waals surface area contributed by atoms with Gasteiger partial charge in [0.15, 0.2) is 5.69 Å². The third-order valence-corrected chi connectivity index (χ3v) is 3.69. The normalized spacial score (nSPS) is 23.8. The van der Waals surface area contributed by atoms with Gasteiger partial charge in [-0.1, -0.05) is 5.16 Å². The molecule has 19 heavy (non-hydrogen) atoms. The summed E-state index contributed by atoms with van der Waals surface area (Å²) >= 11 is 0. The maximum absolute atomic E-state index is 12.5. The minimum Gasteiger partial charge on any atom is -0.389 e. The number of aliphatic hydroxyl groups is 1. The molecule has 104 valence electrons. The van der Waals surface area contributed by atoms with Gasteiger partial charge in [0.25, 0.3) is 5.91 Å². The second kappa shape index (κ2) is 5.30. The topological polar surface area (TPSA) is 75.8 Å². The van der Waals surface area contributed by atoms with Gasteiger partial charge in [-0.25, -0.2) is 0 Å². The molecule has 0 aromatic carbocycles. The lowest BCUT2D eigenvalue weighted by atomic mass is 9.96. The number of aryl methyl sites for hydroxylation is 1. The Kier molecular flexibility index (Phi) is 3.52. The molecule has 6 heteroatoms. The van der Waals surface area contributed by atoms with E-state index in [1.54, 1.807) is 4.90 Å². The van der Waals surface area contributed by atoms with E-state index in [-0.39, 0.29) is 12.5 Å². The molecular weight excluding hydrogens is 248 g/mol. The summed E-state index contributed by atoms with van der Waals surface area (Å²) in [6, 6.07) is 0. The summed E-state index contributed by atoms with van der Waals surface area (Å²) in [5, 5.41) is 13.6. The van der Waals surface area contributed by atoms with Crippen LogP contribution in [0.5, 0.6) is 0 Å². The van der Waals surface area contributed by atoms with Crippen molar-refractivity contribution in [2.24, 2.45) is 0 Å². The molecule has 2 heterocycles. The highest BCUT2D eigenvalue weighted by Crippen LogP contribution is 2.25. The van der Waals surface area contributed by atoms with Gasteiger partial charge in [0.2, 0.25) is 0 Å². The van der Waals surface area contributed by atoms with E-state index < -0.39 is 6.10 Å². The number of rotatable bonds is 1. The fourth-order valence-corrected chi connectivity index (χ4v) is 2.68. The Bertz CT molecular complexity index is 471. The maximum atomic E-state index is 12.5. The molecule has 1 fully saturated rings. The highest BCUT2D eigenvalue weighted by Gasteiger charge is 2.29. The summed E-state index contributed by atoms with van der Waals surface area (Å²) in [7, 11) is 0. The molecule has 2 aliphatic rings. The summed E-state index contributed by atoms with van der Waals surface area (Å²) in [6.07, 6.45) is 3.25. The maximum Gasteiger partial charge on any atom is 0.276 e. The van der Waals surface area contributed by atoms with E-state index in [1.165, 1.54) is 0 Å². The van der Waals surface area contributed by atoms with Crippen LogP contribution in [0.1, 0.15) is 34.7 Å². The standard InChI is InChI=1S/C13H18N2O4/c16-9-7-15(5-6-18-8-9)13(17)12-10-3-1-2-4-11(10)19-14-12/h9,16H,1-8H2/t9-/m1/s1. The van der Waals surface area contributed by atoms with Crippen LogP contribution in [-0.2, 0) is 17.6 Å². The van der Waals surface area contributed by atoms with Crippen molar-refractivity contribution >= 4 is 5.91 Å². The Morgan fingerprint density at radius 1 is 1.37 bits per heavy atom. The number of ether oxygens (including phenoxy) is 1.